The highest BCUT2D eigenvalue weighted by atomic mass is 35.5. The lowest BCUT2D eigenvalue weighted by molar-refractivity contribution is -0.117. The fourth-order valence-electron chi connectivity index (χ4n) is 2.97. The summed E-state index contributed by atoms with van der Waals surface area (Å²) in [6.07, 6.45) is 0.928. The van der Waals surface area contributed by atoms with Gasteiger partial charge in [-0.2, -0.15) is 9.61 Å². The van der Waals surface area contributed by atoms with Crippen molar-refractivity contribution in [2.24, 2.45) is 0 Å². The van der Waals surface area contributed by atoms with E-state index in [1.165, 1.54) is 21.8 Å². The van der Waals surface area contributed by atoms with E-state index < -0.39 is 5.69 Å². The van der Waals surface area contributed by atoms with Crippen molar-refractivity contribution in [3.63, 3.8) is 0 Å². The fourth-order valence-corrected chi connectivity index (χ4v) is 3.91. The zero-order valence-electron chi connectivity index (χ0n) is 16.8. The van der Waals surface area contributed by atoms with E-state index in [2.05, 4.69) is 22.4 Å². The molecule has 1 N–H and O–H groups in total. The molecule has 0 aliphatic carbocycles. The summed E-state index contributed by atoms with van der Waals surface area (Å²) in [5, 5.41) is 12.7. The van der Waals surface area contributed by atoms with Crippen molar-refractivity contribution in [1.29, 1.82) is 0 Å². The molecule has 0 fully saturated rings. The maximum atomic E-state index is 12.7. The minimum atomic E-state index is -0.458. The predicted octanol–water partition coefficient (Wildman–Crippen LogP) is 4.04. The first-order valence-electron chi connectivity index (χ1n) is 9.75. The van der Waals surface area contributed by atoms with Crippen LogP contribution in [0.4, 0.5) is 5.69 Å². The molecule has 0 unspecified atom stereocenters. The molecule has 0 spiro atoms. The number of aromatic nitrogens is 4. The molecular formula is C22H20ClN5O2S. The van der Waals surface area contributed by atoms with Crippen molar-refractivity contribution in [2.45, 2.75) is 30.7 Å². The molecule has 0 bridgehead atoms. The number of anilines is 1. The Kier molecular flexibility index (Phi) is 6.39. The second kappa shape index (κ2) is 9.36. The van der Waals surface area contributed by atoms with Crippen LogP contribution < -0.4 is 11.0 Å². The van der Waals surface area contributed by atoms with E-state index in [0.29, 0.717) is 27.1 Å². The van der Waals surface area contributed by atoms with Crippen LogP contribution in [0.25, 0.3) is 5.65 Å². The van der Waals surface area contributed by atoms with Gasteiger partial charge >= 0.3 is 5.69 Å². The first-order chi connectivity index (χ1) is 15.0. The van der Waals surface area contributed by atoms with Gasteiger partial charge in [0.2, 0.25) is 5.91 Å². The summed E-state index contributed by atoms with van der Waals surface area (Å²) in [5.74, 6) is 0.365. The van der Waals surface area contributed by atoms with Crippen molar-refractivity contribution < 1.29 is 4.79 Å². The third-order valence-electron chi connectivity index (χ3n) is 4.66. The minimum absolute atomic E-state index is 0.190. The number of nitrogens with zero attached hydrogens (tertiary/aromatic N) is 4. The van der Waals surface area contributed by atoms with Crippen LogP contribution in [-0.2, 0) is 23.5 Å². The molecule has 0 aliphatic rings. The van der Waals surface area contributed by atoms with Crippen molar-refractivity contribution in [3.8, 4) is 0 Å². The maximum Gasteiger partial charge on any atom is 0.367 e. The summed E-state index contributed by atoms with van der Waals surface area (Å²) < 4.78 is 2.33. The molecule has 7 nitrogen and oxygen atoms in total. The number of benzene rings is 2. The van der Waals surface area contributed by atoms with Gasteiger partial charge in [0.05, 0.1) is 0 Å². The normalized spacial score (nSPS) is 11.0. The third kappa shape index (κ3) is 5.15. The van der Waals surface area contributed by atoms with Crippen LogP contribution in [0.1, 0.15) is 18.1 Å². The monoisotopic (exact) mass is 453 g/mol. The average molecular weight is 454 g/mol. The molecule has 31 heavy (non-hydrogen) atoms. The number of amides is 1. The Morgan fingerprint density at radius 2 is 1.71 bits per heavy atom. The number of hydrogen-bond acceptors (Lipinski definition) is 5. The summed E-state index contributed by atoms with van der Waals surface area (Å²) in [6.45, 7) is 1.88. The third-order valence-corrected chi connectivity index (χ3v) is 5.90. The van der Waals surface area contributed by atoms with Gasteiger partial charge < -0.3 is 5.32 Å². The second-order valence-electron chi connectivity index (χ2n) is 6.90. The Morgan fingerprint density at radius 3 is 2.42 bits per heavy atom. The molecule has 0 aliphatic heterocycles. The molecule has 0 saturated heterocycles. The van der Waals surface area contributed by atoms with Gasteiger partial charge in [-0.3, -0.25) is 4.79 Å². The first kappa shape index (κ1) is 21.1. The van der Waals surface area contributed by atoms with Gasteiger partial charge in [0.1, 0.15) is 11.6 Å². The van der Waals surface area contributed by atoms with Crippen molar-refractivity contribution in [2.75, 3.05) is 5.32 Å². The zero-order valence-corrected chi connectivity index (χ0v) is 18.4. The molecular weight excluding hydrogens is 434 g/mol. The molecule has 4 rings (SSSR count). The van der Waals surface area contributed by atoms with Gasteiger partial charge in [-0.1, -0.05) is 54.6 Å². The highest BCUT2D eigenvalue weighted by molar-refractivity contribution is 7.98. The van der Waals surface area contributed by atoms with Crippen LogP contribution in [0.5, 0.6) is 0 Å². The van der Waals surface area contributed by atoms with E-state index >= 15 is 0 Å². The van der Waals surface area contributed by atoms with E-state index in [9.17, 15) is 9.59 Å². The Bertz CT molecular complexity index is 1270. The van der Waals surface area contributed by atoms with E-state index in [-0.39, 0.29) is 12.5 Å². The quantitative estimate of drug-likeness (QED) is 0.427. The highest BCUT2D eigenvalue weighted by Gasteiger charge is 2.13. The SMILES string of the molecule is CCc1ccc(NC(=O)Cn2nc3ccc(SCc4ccc(Cl)cc4)nn3c2=O)cc1. The summed E-state index contributed by atoms with van der Waals surface area (Å²) in [5.41, 5.74) is 2.90. The predicted molar refractivity (Wildman–Crippen MR) is 123 cm³/mol. The van der Waals surface area contributed by atoms with Crippen LogP contribution in [0.2, 0.25) is 5.02 Å². The molecule has 0 radical (unpaired) electrons. The summed E-state index contributed by atoms with van der Waals surface area (Å²) in [6, 6.07) is 18.7. The molecule has 2 heterocycles. The van der Waals surface area contributed by atoms with E-state index in [4.69, 9.17) is 11.6 Å². The molecule has 2 aromatic heterocycles. The van der Waals surface area contributed by atoms with E-state index in [1.807, 2.05) is 54.6 Å². The average Bonchev–Trinajstić information content (AvgIpc) is 3.08. The van der Waals surface area contributed by atoms with Crippen LogP contribution in [0, 0.1) is 0 Å². The Labute approximate surface area is 188 Å². The smallest absolute Gasteiger partial charge is 0.324 e. The lowest BCUT2D eigenvalue weighted by Gasteiger charge is -2.05. The van der Waals surface area contributed by atoms with Crippen LogP contribution in [-0.4, -0.2) is 25.3 Å². The van der Waals surface area contributed by atoms with Crippen molar-refractivity contribution in [3.05, 3.63) is 87.3 Å². The van der Waals surface area contributed by atoms with Crippen molar-refractivity contribution in [1.82, 2.24) is 19.4 Å². The standard InChI is InChI=1S/C22H20ClN5O2S/c1-2-15-5-9-18(10-6-15)24-20(29)13-27-22(30)28-19(25-27)11-12-21(26-28)31-14-16-3-7-17(23)8-4-16/h3-12H,2,13-14H2,1H3,(H,24,29). The van der Waals surface area contributed by atoms with Gasteiger partial charge in [0.25, 0.3) is 0 Å². The van der Waals surface area contributed by atoms with Gasteiger partial charge in [0.15, 0.2) is 5.65 Å². The van der Waals surface area contributed by atoms with E-state index in [0.717, 1.165) is 16.7 Å². The number of aryl methyl sites for hydroxylation is 1. The van der Waals surface area contributed by atoms with Gasteiger partial charge in [-0.05, 0) is 53.9 Å². The molecule has 4 aromatic rings. The van der Waals surface area contributed by atoms with Crippen LogP contribution in [0.3, 0.4) is 0 Å². The fraction of sp³-hybridized carbons (Fsp3) is 0.182. The Balaban J connectivity index is 1.44. The van der Waals surface area contributed by atoms with Gasteiger partial charge in [-0.15, -0.1) is 5.10 Å². The summed E-state index contributed by atoms with van der Waals surface area (Å²) in [7, 11) is 0. The number of fused-ring (bicyclic) bond motifs is 1. The zero-order chi connectivity index (χ0) is 21.8. The second-order valence-corrected chi connectivity index (χ2v) is 8.33. The first-order valence-corrected chi connectivity index (χ1v) is 11.1. The molecule has 2 aromatic carbocycles. The largest absolute Gasteiger partial charge is 0.367 e. The lowest BCUT2D eigenvalue weighted by atomic mass is 10.1. The molecule has 158 valence electrons. The number of nitrogens with one attached hydrogen (secondary N) is 1. The highest BCUT2D eigenvalue weighted by Crippen LogP contribution is 2.21. The van der Waals surface area contributed by atoms with Gasteiger partial charge in [0, 0.05) is 16.5 Å². The van der Waals surface area contributed by atoms with Crippen LogP contribution in [0.15, 0.2) is 70.5 Å². The number of halogens is 1. The lowest BCUT2D eigenvalue weighted by Crippen LogP contribution is -2.28. The van der Waals surface area contributed by atoms with Gasteiger partial charge in [-0.25, -0.2) is 9.48 Å². The topological polar surface area (TPSA) is 81.3 Å². The number of carbonyl (C=O) groups is 1. The Hall–Kier alpha value is -3.10. The Morgan fingerprint density at radius 1 is 1.00 bits per heavy atom. The molecule has 0 saturated carbocycles. The number of thioether (sulfide) groups is 1. The molecule has 1 amide bonds. The molecule has 9 heteroatoms. The van der Waals surface area contributed by atoms with Crippen LogP contribution >= 0.6 is 23.4 Å². The molecule has 0 atom stereocenters. The minimum Gasteiger partial charge on any atom is -0.324 e. The summed E-state index contributed by atoms with van der Waals surface area (Å²) >= 11 is 7.41. The number of carbonyl (C=O) groups excluding carboxylic acids is 1. The number of hydrogen-bond donors (Lipinski definition) is 1. The van der Waals surface area contributed by atoms with Crippen molar-refractivity contribution >= 4 is 40.6 Å². The summed E-state index contributed by atoms with van der Waals surface area (Å²) in [4.78, 5) is 25.0. The van der Waals surface area contributed by atoms with E-state index in [1.54, 1.807) is 6.07 Å². The number of rotatable bonds is 7. The maximum absolute atomic E-state index is 12.7.